The van der Waals surface area contributed by atoms with Gasteiger partial charge in [0.05, 0.1) is 16.9 Å². The van der Waals surface area contributed by atoms with E-state index in [4.69, 9.17) is 5.73 Å². The summed E-state index contributed by atoms with van der Waals surface area (Å²) in [5, 5.41) is 13.3. The van der Waals surface area contributed by atoms with Gasteiger partial charge in [0.2, 0.25) is 5.43 Å². The maximum atomic E-state index is 12.7. The summed E-state index contributed by atoms with van der Waals surface area (Å²) in [4.78, 5) is 26.8. The highest BCUT2D eigenvalue weighted by molar-refractivity contribution is 6.00. The third-order valence-electron chi connectivity index (χ3n) is 6.61. The molecule has 1 aliphatic heterocycles. The van der Waals surface area contributed by atoms with E-state index in [1.807, 2.05) is 19.9 Å². The second-order valence-electron chi connectivity index (χ2n) is 8.41. The molecule has 0 unspecified atom stereocenters. The van der Waals surface area contributed by atoms with Crippen LogP contribution in [0.25, 0.3) is 10.9 Å². The summed E-state index contributed by atoms with van der Waals surface area (Å²) in [5.74, 6) is -1.23. The Morgan fingerprint density at radius 2 is 1.97 bits per heavy atom. The van der Waals surface area contributed by atoms with Crippen LogP contribution in [-0.4, -0.2) is 45.7 Å². The van der Waals surface area contributed by atoms with Crippen molar-refractivity contribution in [2.75, 3.05) is 24.1 Å². The highest BCUT2D eigenvalue weighted by Crippen LogP contribution is 2.32. The number of nitrogens with zero attached hydrogens (tertiary/aromatic N) is 2. The van der Waals surface area contributed by atoms with Gasteiger partial charge < -0.3 is 20.7 Å². The van der Waals surface area contributed by atoms with Gasteiger partial charge in [0.15, 0.2) is 0 Å². The number of aromatic nitrogens is 1. The van der Waals surface area contributed by atoms with E-state index in [1.165, 1.54) is 38.3 Å². The molecule has 1 aromatic heterocycles. The normalized spacial score (nSPS) is 18.7. The van der Waals surface area contributed by atoms with Gasteiger partial charge in [-0.2, -0.15) is 0 Å². The van der Waals surface area contributed by atoms with Crippen LogP contribution in [0.5, 0.6) is 0 Å². The molecule has 1 saturated carbocycles. The quantitative estimate of drug-likeness (QED) is 0.670. The van der Waals surface area contributed by atoms with E-state index >= 15 is 0 Å². The van der Waals surface area contributed by atoms with Gasteiger partial charge in [-0.05, 0) is 38.3 Å². The lowest BCUT2D eigenvalue weighted by Gasteiger charge is -2.46. The maximum Gasteiger partial charge on any atom is 0.341 e. The zero-order valence-electron chi connectivity index (χ0n) is 17.2. The maximum absolute atomic E-state index is 12.7. The Morgan fingerprint density at radius 1 is 1.28 bits per heavy atom. The van der Waals surface area contributed by atoms with E-state index in [0.717, 1.165) is 30.4 Å². The van der Waals surface area contributed by atoms with E-state index in [9.17, 15) is 14.7 Å². The van der Waals surface area contributed by atoms with Crippen molar-refractivity contribution in [3.05, 3.63) is 33.6 Å². The largest absolute Gasteiger partial charge is 0.477 e. The Labute approximate surface area is 170 Å². The number of hydrogen-bond acceptors (Lipinski definition) is 5. The van der Waals surface area contributed by atoms with E-state index < -0.39 is 11.4 Å². The zero-order chi connectivity index (χ0) is 20.7. The third-order valence-corrected chi connectivity index (χ3v) is 6.61. The van der Waals surface area contributed by atoms with Crippen LogP contribution >= 0.6 is 0 Å². The highest BCUT2D eigenvalue weighted by Gasteiger charge is 2.33. The molecule has 7 nitrogen and oxygen atoms in total. The lowest BCUT2D eigenvalue weighted by atomic mass is 9.91. The van der Waals surface area contributed by atoms with Crippen LogP contribution < -0.4 is 16.5 Å². The lowest BCUT2D eigenvalue weighted by Crippen LogP contribution is -2.58. The van der Waals surface area contributed by atoms with Gasteiger partial charge >= 0.3 is 5.97 Å². The summed E-state index contributed by atoms with van der Waals surface area (Å²) in [6.45, 7) is 6.42. The third kappa shape index (κ3) is 3.48. The first-order chi connectivity index (χ1) is 13.9. The van der Waals surface area contributed by atoms with Crippen LogP contribution in [-0.2, 0) is 6.54 Å². The number of carboxylic acid groups (broad SMARTS) is 1. The SMILES string of the molecule is CCn1cc(C(=O)O)c(=O)c2c(N)c(C)c(NC3CN(C4CCCCC4)C3)cc21. The molecule has 0 atom stereocenters. The van der Waals surface area contributed by atoms with Crippen molar-refractivity contribution in [1.82, 2.24) is 9.47 Å². The van der Waals surface area contributed by atoms with E-state index in [-0.39, 0.29) is 5.56 Å². The summed E-state index contributed by atoms with van der Waals surface area (Å²) in [6, 6.07) is 3.04. The molecule has 4 N–H and O–H groups in total. The van der Waals surface area contributed by atoms with Gasteiger partial charge in [-0.15, -0.1) is 0 Å². The van der Waals surface area contributed by atoms with Crippen LogP contribution in [0, 0.1) is 6.92 Å². The molecular weight excluding hydrogens is 368 g/mol. The molecule has 0 spiro atoms. The molecule has 4 rings (SSSR count). The number of benzene rings is 1. The van der Waals surface area contributed by atoms with Crippen molar-refractivity contribution >= 4 is 28.2 Å². The van der Waals surface area contributed by atoms with Gasteiger partial charge in [-0.1, -0.05) is 19.3 Å². The molecule has 7 heteroatoms. The minimum atomic E-state index is -1.23. The number of carboxylic acids is 1. The standard InChI is InChI=1S/C22H30N4O3/c1-3-25-12-16(22(28)29)21(27)19-18(25)9-17(13(2)20(19)23)24-14-10-26(11-14)15-7-5-4-6-8-15/h9,12,14-15,24H,3-8,10-11,23H2,1-2H3,(H,28,29). The number of hydrogen-bond donors (Lipinski definition) is 3. The number of nitrogen functional groups attached to an aromatic ring is 1. The number of nitrogens with one attached hydrogen (secondary N) is 1. The van der Waals surface area contributed by atoms with E-state index in [1.54, 1.807) is 4.57 Å². The van der Waals surface area contributed by atoms with Crippen molar-refractivity contribution in [2.45, 2.75) is 64.6 Å². The molecule has 1 aliphatic carbocycles. The second kappa shape index (κ2) is 7.71. The Kier molecular flexibility index (Phi) is 5.25. The fraction of sp³-hybridized carbons (Fsp3) is 0.545. The summed E-state index contributed by atoms with van der Waals surface area (Å²) in [5.41, 5.74) is 8.34. The molecule has 0 radical (unpaired) electrons. The van der Waals surface area contributed by atoms with Gasteiger partial charge in [0.1, 0.15) is 5.56 Å². The highest BCUT2D eigenvalue weighted by atomic mass is 16.4. The van der Waals surface area contributed by atoms with E-state index in [2.05, 4.69) is 10.2 Å². The van der Waals surface area contributed by atoms with Crippen LogP contribution in [0.3, 0.4) is 0 Å². The number of anilines is 2. The van der Waals surface area contributed by atoms with Gasteiger partial charge in [-0.3, -0.25) is 9.69 Å². The van der Waals surface area contributed by atoms with Crippen LogP contribution in [0.15, 0.2) is 17.1 Å². The molecule has 0 bridgehead atoms. The Morgan fingerprint density at radius 3 is 2.59 bits per heavy atom. The number of aryl methyl sites for hydroxylation is 1. The van der Waals surface area contributed by atoms with Crippen molar-refractivity contribution < 1.29 is 9.90 Å². The van der Waals surface area contributed by atoms with Crippen LogP contribution in [0.4, 0.5) is 11.4 Å². The zero-order valence-corrected chi connectivity index (χ0v) is 17.2. The number of fused-ring (bicyclic) bond motifs is 1. The van der Waals surface area contributed by atoms with E-state index in [0.29, 0.717) is 29.2 Å². The van der Waals surface area contributed by atoms with Crippen LogP contribution in [0.2, 0.25) is 0 Å². The molecule has 0 amide bonds. The Hall–Kier alpha value is -2.54. The fourth-order valence-electron chi connectivity index (χ4n) is 4.80. The first-order valence-electron chi connectivity index (χ1n) is 10.6. The predicted octanol–water partition coefficient (Wildman–Crippen LogP) is 3.04. The summed E-state index contributed by atoms with van der Waals surface area (Å²) < 4.78 is 1.79. The molecular formula is C22H30N4O3. The topological polar surface area (TPSA) is 101 Å². The second-order valence-corrected chi connectivity index (χ2v) is 8.41. The van der Waals surface area contributed by atoms with Crippen molar-refractivity contribution in [2.24, 2.45) is 0 Å². The van der Waals surface area contributed by atoms with Gasteiger partial charge in [0.25, 0.3) is 0 Å². The van der Waals surface area contributed by atoms with Gasteiger partial charge in [-0.25, -0.2) is 4.79 Å². The first kappa shape index (κ1) is 19.8. The van der Waals surface area contributed by atoms with Crippen molar-refractivity contribution in [3.8, 4) is 0 Å². The smallest absolute Gasteiger partial charge is 0.341 e. The molecule has 2 aliphatic rings. The number of aromatic carboxylic acids is 1. The minimum absolute atomic E-state index is 0.242. The minimum Gasteiger partial charge on any atom is -0.477 e. The lowest BCUT2D eigenvalue weighted by molar-refractivity contribution is 0.0695. The summed E-state index contributed by atoms with van der Waals surface area (Å²) in [7, 11) is 0. The summed E-state index contributed by atoms with van der Waals surface area (Å²) in [6.07, 6.45) is 8.08. The van der Waals surface area contributed by atoms with Crippen molar-refractivity contribution in [1.29, 1.82) is 0 Å². The fourth-order valence-corrected chi connectivity index (χ4v) is 4.80. The monoisotopic (exact) mass is 398 g/mol. The molecule has 2 fully saturated rings. The number of carbonyl (C=O) groups is 1. The first-order valence-corrected chi connectivity index (χ1v) is 10.6. The number of pyridine rings is 1. The summed E-state index contributed by atoms with van der Waals surface area (Å²) >= 11 is 0. The number of nitrogens with two attached hydrogens (primary N) is 1. The Bertz CT molecular complexity index is 1000. The Balaban J connectivity index is 1.63. The molecule has 29 heavy (non-hydrogen) atoms. The molecule has 156 valence electrons. The predicted molar refractivity (Wildman–Crippen MR) is 116 cm³/mol. The van der Waals surface area contributed by atoms with Crippen LogP contribution in [0.1, 0.15) is 54.9 Å². The number of likely N-dealkylation sites (tertiary alicyclic amines) is 1. The molecule has 1 saturated heterocycles. The average Bonchev–Trinajstić information content (AvgIpc) is 2.68. The van der Waals surface area contributed by atoms with Crippen molar-refractivity contribution in [3.63, 3.8) is 0 Å². The molecule has 2 heterocycles. The van der Waals surface area contributed by atoms with Gasteiger partial charge in [0, 0.05) is 43.2 Å². The average molecular weight is 399 g/mol. The molecule has 2 aromatic rings. The molecule has 1 aromatic carbocycles. The number of rotatable bonds is 5.